The van der Waals surface area contributed by atoms with Crippen LogP contribution in [0.2, 0.25) is 5.65 Å². The van der Waals surface area contributed by atoms with Crippen LogP contribution in [0.5, 0.6) is 0 Å². The van der Waals surface area contributed by atoms with Gasteiger partial charge in [0.05, 0.1) is 8.22 Å². The van der Waals surface area contributed by atoms with Gasteiger partial charge in [-0.25, -0.2) is 4.79 Å². The van der Waals surface area contributed by atoms with Crippen LogP contribution in [0.25, 0.3) is 7.48 Å². The van der Waals surface area contributed by atoms with Crippen molar-refractivity contribution in [3.8, 4) is 0 Å². The minimum Gasteiger partial charge on any atom is -0.477 e. The zero-order valence-electron chi connectivity index (χ0n) is 18.2. The second-order valence-corrected chi connectivity index (χ2v) is 2.17. The summed E-state index contributed by atoms with van der Waals surface area (Å²) in [7, 11) is 0. The predicted octanol–water partition coefficient (Wildman–Crippen LogP) is 0.595. The standard InChI is InChI=1S/C10H11N3O2/c11-10(12)13-8(9(14)15)6-7-4-2-1-3-5-7/h1-6H,(H,14,15)(H4,11,12,13)/i1D,2D,3D,4D,5D,6D/hD5. The first kappa shape index (κ1) is 3.10. The smallest absolute Gasteiger partial charge is 0.352 e. The number of hydrogen-bond donors (Lipinski definition) is 4. The molecule has 0 amide bonds. The maximum absolute atomic E-state index is 11.8. The number of nitrogens with one attached hydrogen (secondary N) is 2. The Morgan fingerprint density at radius 2 is 2.67 bits per heavy atom. The van der Waals surface area contributed by atoms with Gasteiger partial charge in [0.2, 0.25) is 0 Å². The van der Waals surface area contributed by atoms with E-state index in [-0.39, 0.29) is 11.0 Å². The normalized spacial score (nSPS) is 22.7. The maximum Gasteiger partial charge on any atom is 0.352 e. The van der Waals surface area contributed by atoms with E-state index in [4.69, 9.17) is 15.3 Å². The van der Waals surface area contributed by atoms with Gasteiger partial charge in [0.25, 0.3) is 1.43 Å². The summed E-state index contributed by atoms with van der Waals surface area (Å²) in [5.41, 5.74) is -2.31. The molecule has 0 atom stereocenters. The number of guanidine groups is 1. The monoisotopic (exact) mass is 216 g/mol. The number of carboxylic acid groups (broad SMARTS) is 1. The number of hydrogen-bond acceptors (Lipinski definition) is 3. The van der Waals surface area contributed by atoms with Crippen LogP contribution in [0.4, 0.5) is 0 Å². The van der Waals surface area contributed by atoms with Gasteiger partial charge in [-0.3, -0.25) is 5.40 Å². The van der Waals surface area contributed by atoms with Crippen molar-refractivity contribution >= 4 is 18.0 Å². The molecule has 5 N–H and O–H groups in total. The molecule has 0 unspecified atom stereocenters. The van der Waals surface area contributed by atoms with Crippen molar-refractivity contribution in [3.05, 3.63) is 41.5 Å². The second-order valence-electron chi connectivity index (χ2n) is 2.17. The van der Waals surface area contributed by atoms with Crippen LogP contribution in [0.1, 0.15) is 13.8 Å². The Labute approximate surface area is 103 Å². The molecule has 0 saturated heterocycles. The lowest BCUT2D eigenvalue weighted by atomic mass is 10.2. The Morgan fingerprint density at radius 3 is 3.27 bits per heavy atom. The zero-order valence-corrected chi connectivity index (χ0v) is 7.16. The van der Waals surface area contributed by atoms with E-state index in [1.807, 2.05) is 0 Å². The van der Waals surface area contributed by atoms with Gasteiger partial charge in [-0.1, -0.05) is 30.2 Å². The highest BCUT2D eigenvalue weighted by atomic mass is 16.4. The molecular formula is C10H11N3O2. The molecule has 15 heavy (non-hydrogen) atoms. The third-order valence-electron chi connectivity index (χ3n) is 1.15. The Balaban J connectivity index is 3.86. The topological polar surface area (TPSA) is 99.2 Å². The van der Waals surface area contributed by atoms with Crippen LogP contribution in [0, 0.1) is 5.40 Å². The molecule has 0 heterocycles. The van der Waals surface area contributed by atoms with E-state index >= 15 is 0 Å². The lowest BCUT2D eigenvalue weighted by molar-refractivity contribution is -0.132. The Hall–Kier alpha value is -2.30. The van der Waals surface area contributed by atoms with Crippen LogP contribution in [0.15, 0.2) is 35.9 Å². The molecule has 1 aromatic carbocycles. The van der Waals surface area contributed by atoms with Crippen molar-refractivity contribution in [3.63, 3.8) is 0 Å². The average molecular weight is 216 g/mol. The number of carbonyl (C=O) groups is 1. The fraction of sp³-hybridized carbons (Fsp3) is 0. The van der Waals surface area contributed by atoms with E-state index in [0.29, 0.717) is 0 Å². The van der Waals surface area contributed by atoms with Gasteiger partial charge in [0.15, 0.2) is 11.6 Å². The van der Waals surface area contributed by atoms with Gasteiger partial charge in [-0.05, 0) is 11.6 Å². The van der Waals surface area contributed by atoms with Crippen molar-refractivity contribution in [2.45, 2.75) is 0 Å². The molecule has 0 bridgehead atoms. The molecule has 1 rings (SSSR count). The molecule has 1 aromatic rings. The van der Waals surface area contributed by atoms with Crippen molar-refractivity contribution in [1.29, 1.82) is 6.83 Å². The molecule has 5 heteroatoms. The highest BCUT2D eigenvalue weighted by Crippen LogP contribution is 2.04. The van der Waals surface area contributed by atoms with Crippen molar-refractivity contribution in [2.75, 3.05) is 0 Å². The van der Waals surface area contributed by atoms with Gasteiger partial charge in [-0.2, -0.15) is 0 Å². The Bertz CT molecular complexity index is 766. The molecule has 78 valence electrons. The summed E-state index contributed by atoms with van der Waals surface area (Å²) < 4.78 is 81.4. The van der Waals surface area contributed by atoms with E-state index in [0.717, 1.165) is 0 Å². The lowest BCUT2D eigenvalue weighted by Crippen LogP contribution is -2.32. The molecule has 0 aliphatic rings. The third-order valence-corrected chi connectivity index (χ3v) is 1.15. The molecule has 5 nitrogen and oxygen atoms in total. The van der Waals surface area contributed by atoms with Crippen molar-refractivity contribution in [1.82, 2.24) is 5.31 Å². The zero-order chi connectivity index (χ0) is 20.3. The number of nitrogens with two attached hydrogens (primary N) is 1. The SMILES string of the molecule is [2H]N=C(N([2H])[2H])N([2H])C(C(=O)O[2H])=C([2H])c1c([2H])c([2H])c([2H])c([2H])c1[2H]. The van der Waals surface area contributed by atoms with Crippen LogP contribution < -0.4 is 11.0 Å². The highest BCUT2D eigenvalue weighted by Gasteiger charge is 2.07. The number of benzene rings is 1. The van der Waals surface area contributed by atoms with Gasteiger partial charge < -0.3 is 16.1 Å². The highest BCUT2D eigenvalue weighted by molar-refractivity contribution is 5.96. The molecule has 0 radical (unpaired) electrons. The Morgan fingerprint density at radius 1 is 1.87 bits per heavy atom. The Kier molecular flexibility index (Phi) is 0.991. The van der Waals surface area contributed by atoms with E-state index in [1.165, 1.54) is 0 Å². The van der Waals surface area contributed by atoms with Crippen LogP contribution in [-0.4, -0.2) is 17.0 Å². The van der Waals surface area contributed by atoms with Crippen molar-refractivity contribution in [2.24, 2.45) is 5.72 Å². The fourth-order valence-electron chi connectivity index (χ4n) is 0.656. The summed E-state index contributed by atoms with van der Waals surface area (Å²) in [6, 6.07) is -5.20. The first-order valence-corrected chi connectivity index (χ1v) is 3.55. The van der Waals surface area contributed by atoms with Gasteiger partial charge in [-0.15, -0.1) is 0 Å². The minimum absolute atomic E-state index is 0.160. The predicted molar refractivity (Wildman–Crippen MR) is 57.1 cm³/mol. The third kappa shape index (κ3) is 3.51. The summed E-state index contributed by atoms with van der Waals surface area (Å²) in [6.45, 7) is 0. The number of carboxylic acids is 1. The van der Waals surface area contributed by atoms with E-state index in [1.54, 1.807) is 0 Å². The number of rotatable bonds is 3. The van der Waals surface area contributed by atoms with Crippen LogP contribution in [0.3, 0.4) is 0 Å². The van der Waals surface area contributed by atoms with E-state index < -0.39 is 59.5 Å². The molecule has 0 aliphatic carbocycles. The first-order chi connectivity index (χ1) is 12.0. The summed E-state index contributed by atoms with van der Waals surface area (Å²) >= 11 is 0. The molecule has 0 fully saturated rings. The van der Waals surface area contributed by atoms with Gasteiger partial charge in [0, 0.05) is 0 Å². The van der Waals surface area contributed by atoms with Crippen molar-refractivity contribution < 1.29 is 23.8 Å². The summed E-state index contributed by atoms with van der Waals surface area (Å²) in [5.74, 6) is -2.78. The lowest BCUT2D eigenvalue weighted by Gasteiger charge is -2.03. The molecule has 0 aromatic heterocycles. The summed E-state index contributed by atoms with van der Waals surface area (Å²) in [4.78, 5) is 11.8. The molecular weight excluding hydrogens is 194 g/mol. The van der Waals surface area contributed by atoms with Crippen LogP contribution >= 0.6 is 0 Å². The average Bonchev–Trinajstić information content (AvgIpc) is 2.58. The summed E-state index contributed by atoms with van der Waals surface area (Å²) in [5, 5.41) is 6.18. The van der Waals surface area contributed by atoms with Gasteiger partial charge >= 0.3 is 5.97 Å². The van der Waals surface area contributed by atoms with E-state index in [2.05, 4.69) is 10.5 Å². The molecule has 0 saturated carbocycles. The molecule has 0 spiro atoms. The quantitative estimate of drug-likeness (QED) is 0.337. The van der Waals surface area contributed by atoms with Crippen LogP contribution in [-0.2, 0) is 4.79 Å². The first-order valence-electron chi connectivity index (χ1n) is 8.75. The van der Waals surface area contributed by atoms with Gasteiger partial charge in [0.1, 0.15) is 5.70 Å². The maximum atomic E-state index is 11.8. The van der Waals surface area contributed by atoms with E-state index in [9.17, 15) is 4.79 Å². The fourth-order valence-corrected chi connectivity index (χ4v) is 0.656. The molecule has 0 aliphatic heterocycles. The largest absolute Gasteiger partial charge is 0.477 e. The summed E-state index contributed by atoms with van der Waals surface area (Å²) in [6.07, 6.45) is 0. The number of aliphatic carboxylic acids is 1. The second kappa shape index (κ2) is 4.80. The minimum atomic E-state index is -1.67.